The molecule has 1 fully saturated rings. The number of hydrogen-bond donors (Lipinski definition) is 1. The van der Waals surface area contributed by atoms with Gasteiger partial charge in [-0.15, -0.1) is 0 Å². The highest BCUT2D eigenvalue weighted by Crippen LogP contribution is 2.58. The second-order valence-electron chi connectivity index (χ2n) is 7.75. The number of nitrogens with one attached hydrogen (secondary N) is 1. The van der Waals surface area contributed by atoms with Crippen LogP contribution in [-0.4, -0.2) is 23.7 Å². The number of ether oxygens (including phenoxy) is 1. The maximum atomic E-state index is 12.9. The highest BCUT2D eigenvalue weighted by molar-refractivity contribution is 5.88. The van der Waals surface area contributed by atoms with Crippen LogP contribution in [0.5, 0.6) is 11.5 Å². The van der Waals surface area contributed by atoms with Gasteiger partial charge < -0.3 is 9.84 Å². The normalized spacial score (nSPS) is 16.3. The molecule has 0 saturated heterocycles. The molecule has 0 aliphatic heterocycles. The summed E-state index contributed by atoms with van der Waals surface area (Å²) in [7, 11) is 0. The van der Waals surface area contributed by atoms with E-state index < -0.39 is 21.8 Å². The third-order valence-electron chi connectivity index (χ3n) is 5.80. The van der Waals surface area contributed by atoms with Crippen LogP contribution in [-0.2, 0) is 10.2 Å². The first-order chi connectivity index (χ1) is 16.0. The van der Waals surface area contributed by atoms with Gasteiger partial charge in [0.15, 0.2) is 0 Å². The first kappa shape index (κ1) is 22.0. The lowest BCUT2D eigenvalue weighted by Crippen LogP contribution is -2.25. The number of rotatable bonds is 8. The van der Waals surface area contributed by atoms with Crippen molar-refractivity contribution in [1.29, 1.82) is 0 Å². The smallest absolute Gasteiger partial charge is 0.266 e. The average molecular weight is 444 g/mol. The fraction of sp³-hybridized carbons (Fsp3) is 0.200. The van der Waals surface area contributed by atoms with Gasteiger partial charge in [-0.3, -0.25) is 14.9 Å². The average Bonchev–Trinajstić information content (AvgIpc) is 3.59. The van der Waals surface area contributed by atoms with Crippen LogP contribution in [0, 0.1) is 16.0 Å². The van der Waals surface area contributed by atoms with Gasteiger partial charge in [-0.25, -0.2) is 5.43 Å². The Morgan fingerprint density at radius 1 is 1.15 bits per heavy atom. The number of benzene rings is 3. The van der Waals surface area contributed by atoms with Crippen molar-refractivity contribution in [2.24, 2.45) is 11.0 Å². The summed E-state index contributed by atoms with van der Waals surface area (Å²) in [6, 6.07) is 22.2. The molecule has 1 N–H and O–H groups in total. The molecule has 8 heteroatoms. The summed E-state index contributed by atoms with van der Waals surface area (Å²) in [5.74, 6) is -1.49. The number of carbonyl (C=O) groups excluding carboxylic acids is 1. The molecule has 8 nitrogen and oxygen atoms in total. The van der Waals surface area contributed by atoms with Crippen LogP contribution in [0.25, 0.3) is 0 Å². The van der Waals surface area contributed by atoms with E-state index >= 15 is 0 Å². The van der Waals surface area contributed by atoms with Crippen molar-refractivity contribution in [2.75, 3.05) is 6.61 Å². The molecule has 0 bridgehead atoms. The van der Waals surface area contributed by atoms with Crippen LogP contribution in [0.15, 0.2) is 77.9 Å². The number of amides is 1. The van der Waals surface area contributed by atoms with Gasteiger partial charge in [-0.1, -0.05) is 60.7 Å². The van der Waals surface area contributed by atoms with Gasteiger partial charge in [-0.2, -0.15) is 5.10 Å². The minimum absolute atomic E-state index is 0.131. The Hall–Kier alpha value is -4.20. The van der Waals surface area contributed by atoms with Crippen molar-refractivity contribution in [1.82, 2.24) is 5.43 Å². The summed E-state index contributed by atoms with van der Waals surface area (Å²) < 4.78 is 5.20. The van der Waals surface area contributed by atoms with E-state index in [1.165, 1.54) is 12.3 Å². The lowest BCUT2D eigenvalue weighted by atomic mass is 9.85. The molecule has 0 unspecified atom stereocenters. The lowest BCUT2D eigenvalue weighted by molar-refractivity contribution is -0.398. The molecule has 1 saturated carbocycles. The predicted molar refractivity (Wildman–Crippen MR) is 121 cm³/mol. The standard InChI is InChI=1S/C25H23N3O5/c1-2-33-22-14-17(13-21(23(22)29)28(31)32)16-26-27-24(30)20-15-25(20,18-9-5-3-6-10-18)19-11-7-4-8-12-19/h3-14,16,20,29H,2,15H2,1H3,(H,27,30)/p-1/b26-16-/t20-/m1/s1. The molecule has 1 amide bonds. The third kappa shape index (κ3) is 4.27. The molecule has 3 aromatic rings. The highest BCUT2D eigenvalue weighted by atomic mass is 16.6. The Morgan fingerprint density at radius 2 is 1.76 bits per heavy atom. The van der Waals surface area contributed by atoms with Crippen molar-refractivity contribution in [3.05, 3.63) is 99.6 Å². The Balaban J connectivity index is 1.54. The van der Waals surface area contributed by atoms with Gasteiger partial charge in [0.25, 0.3) is 5.69 Å². The van der Waals surface area contributed by atoms with E-state index in [2.05, 4.69) is 10.5 Å². The van der Waals surface area contributed by atoms with Gasteiger partial charge in [0.2, 0.25) is 5.91 Å². The molecule has 168 valence electrons. The minimum Gasteiger partial charge on any atom is -0.865 e. The van der Waals surface area contributed by atoms with Crippen LogP contribution in [0.3, 0.4) is 0 Å². The molecule has 1 aliphatic rings. The van der Waals surface area contributed by atoms with E-state index in [-0.39, 0.29) is 29.7 Å². The molecule has 33 heavy (non-hydrogen) atoms. The Morgan fingerprint density at radius 3 is 2.30 bits per heavy atom. The summed E-state index contributed by atoms with van der Waals surface area (Å²) in [6.45, 7) is 1.86. The molecule has 3 aromatic carbocycles. The molecular formula is C25H22N3O5-. The van der Waals surface area contributed by atoms with Gasteiger partial charge in [0.05, 0.1) is 23.7 Å². The zero-order valence-corrected chi connectivity index (χ0v) is 17.9. The molecule has 0 radical (unpaired) electrons. The number of nitro benzene ring substituents is 1. The van der Waals surface area contributed by atoms with Crippen molar-refractivity contribution >= 4 is 17.8 Å². The van der Waals surface area contributed by atoms with E-state index in [9.17, 15) is 20.0 Å². The fourth-order valence-corrected chi connectivity index (χ4v) is 4.18. The van der Waals surface area contributed by atoms with E-state index in [1.54, 1.807) is 6.92 Å². The summed E-state index contributed by atoms with van der Waals surface area (Å²) in [4.78, 5) is 23.4. The molecule has 1 aliphatic carbocycles. The van der Waals surface area contributed by atoms with Crippen LogP contribution in [0.2, 0.25) is 0 Å². The van der Waals surface area contributed by atoms with Gasteiger partial charge in [0.1, 0.15) is 5.75 Å². The summed E-state index contributed by atoms with van der Waals surface area (Å²) in [6.07, 6.45) is 1.91. The van der Waals surface area contributed by atoms with E-state index in [1.807, 2.05) is 60.7 Å². The van der Waals surface area contributed by atoms with Gasteiger partial charge in [0, 0.05) is 22.8 Å². The zero-order chi connectivity index (χ0) is 23.4. The number of hydrazone groups is 1. The monoisotopic (exact) mass is 444 g/mol. The van der Waals surface area contributed by atoms with Crippen LogP contribution < -0.4 is 15.3 Å². The van der Waals surface area contributed by atoms with Crippen molar-refractivity contribution < 1.29 is 19.6 Å². The largest absolute Gasteiger partial charge is 0.865 e. The summed E-state index contributed by atoms with van der Waals surface area (Å²) in [5, 5.41) is 27.3. The first-order valence-electron chi connectivity index (χ1n) is 10.5. The third-order valence-corrected chi connectivity index (χ3v) is 5.80. The zero-order valence-electron chi connectivity index (χ0n) is 17.9. The van der Waals surface area contributed by atoms with Crippen molar-refractivity contribution in [3.63, 3.8) is 0 Å². The number of carbonyl (C=O) groups is 1. The van der Waals surface area contributed by atoms with E-state index in [4.69, 9.17) is 4.74 Å². The molecule has 1 atom stereocenters. The van der Waals surface area contributed by atoms with Crippen molar-refractivity contribution in [3.8, 4) is 11.5 Å². The molecular weight excluding hydrogens is 422 g/mol. The fourth-order valence-electron chi connectivity index (χ4n) is 4.18. The maximum Gasteiger partial charge on any atom is 0.266 e. The van der Waals surface area contributed by atoms with Gasteiger partial charge in [-0.05, 0) is 30.5 Å². The maximum absolute atomic E-state index is 12.9. The Bertz CT molecular complexity index is 1160. The molecule has 0 aromatic heterocycles. The van der Waals surface area contributed by atoms with Gasteiger partial charge >= 0.3 is 0 Å². The highest BCUT2D eigenvalue weighted by Gasteiger charge is 2.60. The lowest BCUT2D eigenvalue weighted by Gasteiger charge is -2.18. The summed E-state index contributed by atoms with van der Waals surface area (Å²) >= 11 is 0. The number of hydrogen-bond acceptors (Lipinski definition) is 6. The minimum atomic E-state index is -0.795. The van der Waals surface area contributed by atoms with E-state index in [0.29, 0.717) is 6.42 Å². The van der Waals surface area contributed by atoms with E-state index in [0.717, 1.165) is 17.2 Å². The van der Waals surface area contributed by atoms with Crippen LogP contribution in [0.4, 0.5) is 5.69 Å². The van der Waals surface area contributed by atoms with Crippen LogP contribution >= 0.6 is 0 Å². The summed E-state index contributed by atoms with van der Waals surface area (Å²) in [5.41, 5.74) is 3.91. The SMILES string of the molecule is CCOc1cc(/C=N\NC(=O)[C@H]2CC2(c2ccccc2)c2ccccc2)cc([N+](=O)[O-])c1[O-]. The Kier molecular flexibility index (Phi) is 6.08. The van der Waals surface area contributed by atoms with Crippen molar-refractivity contribution in [2.45, 2.75) is 18.8 Å². The first-order valence-corrected chi connectivity index (χ1v) is 10.5. The van der Waals surface area contributed by atoms with Crippen LogP contribution in [0.1, 0.15) is 30.0 Å². The second-order valence-corrected chi connectivity index (χ2v) is 7.75. The number of nitrogens with zero attached hydrogens (tertiary/aromatic N) is 2. The molecule has 0 spiro atoms. The molecule has 0 heterocycles. The second kappa shape index (κ2) is 9.12. The molecule has 4 rings (SSSR count). The predicted octanol–water partition coefficient (Wildman–Crippen LogP) is 3.52. The Labute approximate surface area is 190 Å². The topological polar surface area (TPSA) is 117 Å². The quantitative estimate of drug-likeness (QED) is 0.324. The number of nitro groups is 1.